The highest BCUT2D eigenvalue weighted by atomic mass is 32.2. The molecule has 222 valence electrons. The summed E-state index contributed by atoms with van der Waals surface area (Å²) in [5, 5.41) is 18.7. The first-order valence-corrected chi connectivity index (χ1v) is 14.9. The maximum Gasteiger partial charge on any atom is 0.326 e. The number of rotatable bonds is 16. The molecule has 0 bridgehead atoms. The van der Waals surface area contributed by atoms with Crippen LogP contribution in [0.3, 0.4) is 0 Å². The van der Waals surface area contributed by atoms with Crippen LogP contribution in [0.2, 0.25) is 0 Å². The summed E-state index contributed by atoms with van der Waals surface area (Å²) in [6, 6.07) is 3.66. The number of hydrogen-bond acceptors (Lipinski definition) is 7. The lowest BCUT2D eigenvalue weighted by atomic mass is 9.96. The summed E-state index contributed by atoms with van der Waals surface area (Å²) < 4.78 is 0. The van der Waals surface area contributed by atoms with Gasteiger partial charge >= 0.3 is 5.97 Å². The Morgan fingerprint density at radius 1 is 1.02 bits per heavy atom. The molecule has 3 amide bonds. The Labute approximate surface area is 243 Å². The van der Waals surface area contributed by atoms with E-state index in [2.05, 4.69) is 30.9 Å². The molecule has 0 spiro atoms. The molecular weight excluding hydrogens is 546 g/mol. The molecule has 5 unspecified atom stereocenters. The van der Waals surface area contributed by atoms with Gasteiger partial charge in [-0.25, -0.2) is 9.78 Å². The summed E-state index contributed by atoms with van der Waals surface area (Å²) in [5.41, 5.74) is 8.64. The van der Waals surface area contributed by atoms with Crippen molar-refractivity contribution in [3.63, 3.8) is 0 Å². The highest BCUT2D eigenvalue weighted by Crippen LogP contribution is 2.19. The summed E-state index contributed by atoms with van der Waals surface area (Å²) in [4.78, 5) is 61.4. The predicted octanol–water partition coefficient (Wildman–Crippen LogP) is 1.34. The average molecular weight is 586 g/mol. The molecule has 0 aliphatic heterocycles. The number of carbonyl (C=O) groups is 4. The van der Waals surface area contributed by atoms with Crippen molar-refractivity contribution in [1.82, 2.24) is 30.9 Å². The molecule has 12 nitrogen and oxygen atoms in total. The Balaban J connectivity index is 1.69. The molecule has 0 fully saturated rings. The van der Waals surface area contributed by atoms with Crippen molar-refractivity contribution in [2.45, 2.75) is 63.7 Å². The van der Waals surface area contributed by atoms with Crippen LogP contribution in [0, 0.1) is 5.92 Å². The number of nitrogens with two attached hydrogens (primary N) is 1. The minimum Gasteiger partial charge on any atom is -0.480 e. The van der Waals surface area contributed by atoms with Crippen LogP contribution in [0.5, 0.6) is 0 Å². The second kappa shape index (κ2) is 15.2. The molecule has 8 N–H and O–H groups in total. The SMILES string of the molecule is CCC(C)C(NC(=O)C(N)Cc1c[nH]c2ccccc12)C(=O)NC(CCSC)C(=O)NC(Cc1cnc[nH]1)C(=O)O. The van der Waals surface area contributed by atoms with Crippen LogP contribution in [0.1, 0.15) is 37.9 Å². The van der Waals surface area contributed by atoms with E-state index in [9.17, 15) is 24.3 Å². The lowest BCUT2D eigenvalue weighted by Crippen LogP contribution is -2.59. The Morgan fingerprint density at radius 3 is 2.41 bits per heavy atom. The molecule has 41 heavy (non-hydrogen) atoms. The van der Waals surface area contributed by atoms with E-state index in [1.165, 1.54) is 24.3 Å². The number of carbonyl (C=O) groups excluding carboxylic acids is 3. The van der Waals surface area contributed by atoms with E-state index in [0.717, 1.165) is 16.5 Å². The molecule has 3 rings (SSSR count). The third-order valence-electron chi connectivity index (χ3n) is 7.08. The molecule has 0 aliphatic rings. The first-order chi connectivity index (χ1) is 19.6. The third kappa shape index (κ3) is 8.82. The second-order valence-corrected chi connectivity index (χ2v) is 11.1. The number of amides is 3. The fourth-order valence-corrected chi connectivity index (χ4v) is 4.92. The van der Waals surface area contributed by atoms with E-state index in [0.29, 0.717) is 17.9 Å². The number of thioether (sulfide) groups is 1. The largest absolute Gasteiger partial charge is 0.480 e. The van der Waals surface area contributed by atoms with E-state index in [1.807, 2.05) is 50.6 Å². The number of imidazole rings is 1. The zero-order valence-electron chi connectivity index (χ0n) is 23.5. The van der Waals surface area contributed by atoms with Crippen LogP contribution in [0.4, 0.5) is 0 Å². The number of fused-ring (bicyclic) bond motifs is 1. The molecule has 0 aliphatic carbocycles. The molecule has 0 saturated heterocycles. The molecule has 0 saturated carbocycles. The molecule has 1 aromatic carbocycles. The van der Waals surface area contributed by atoms with E-state index in [4.69, 9.17) is 5.73 Å². The van der Waals surface area contributed by atoms with Gasteiger partial charge in [-0.05, 0) is 42.4 Å². The van der Waals surface area contributed by atoms with Gasteiger partial charge in [-0.15, -0.1) is 0 Å². The van der Waals surface area contributed by atoms with Crippen molar-refractivity contribution in [3.8, 4) is 0 Å². The van der Waals surface area contributed by atoms with Gasteiger partial charge in [-0.2, -0.15) is 11.8 Å². The maximum absolute atomic E-state index is 13.5. The zero-order chi connectivity index (χ0) is 29.9. The van der Waals surface area contributed by atoms with Crippen LogP contribution in [0.15, 0.2) is 43.0 Å². The van der Waals surface area contributed by atoms with Crippen molar-refractivity contribution in [1.29, 1.82) is 0 Å². The van der Waals surface area contributed by atoms with Crippen molar-refractivity contribution >= 4 is 46.4 Å². The van der Waals surface area contributed by atoms with Gasteiger partial charge in [0.15, 0.2) is 0 Å². The zero-order valence-corrected chi connectivity index (χ0v) is 24.3. The smallest absolute Gasteiger partial charge is 0.326 e. The molecule has 2 aromatic heterocycles. The first-order valence-electron chi connectivity index (χ1n) is 13.5. The number of benzene rings is 1. The Bertz CT molecular complexity index is 1310. The van der Waals surface area contributed by atoms with Gasteiger partial charge in [0, 0.05) is 35.4 Å². The number of para-hydroxylation sites is 1. The first kappa shape index (κ1) is 31.7. The molecule has 13 heteroatoms. The van der Waals surface area contributed by atoms with Crippen LogP contribution in [-0.4, -0.2) is 79.9 Å². The summed E-state index contributed by atoms with van der Waals surface area (Å²) in [6.07, 6.45) is 7.74. The van der Waals surface area contributed by atoms with Crippen molar-refractivity contribution in [2.24, 2.45) is 11.7 Å². The standard InChI is InChI=1S/C28H39N7O5S/c1-4-16(2)24(35-25(36)20(29)11-17-13-31-21-8-6-5-7-19(17)21)27(38)33-22(9-10-41-3)26(37)34-23(28(39)40)12-18-14-30-15-32-18/h5-8,13-16,20,22-24,31H,4,9-12,29H2,1-3H3,(H,30,32)(H,33,38)(H,34,37)(H,35,36)(H,39,40). The van der Waals surface area contributed by atoms with Crippen LogP contribution >= 0.6 is 11.8 Å². The van der Waals surface area contributed by atoms with E-state index in [-0.39, 0.29) is 25.2 Å². The minimum atomic E-state index is -1.22. The Hall–Kier alpha value is -3.84. The van der Waals surface area contributed by atoms with Crippen LogP contribution in [-0.2, 0) is 32.0 Å². The van der Waals surface area contributed by atoms with Crippen LogP contribution in [0.25, 0.3) is 10.9 Å². The van der Waals surface area contributed by atoms with Gasteiger partial charge in [-0.3, -0.25) is 14.4 Å². The van der Waals surface area contributed by atoms with E-state index >= 15 is 0 Å². The summed E-state index contributed by atoms with van der Waals surface area (Å²) in [7, 11) is 0. The number of aliphatic carboxylic acids is 1. The van der Waals surface area contributed by atoms with Crippen molar-refractivity contribution in [3.05, 3.63) is 54.2 Å². The van der Waals surface area contributed by atoms with Gasteiger partial charge in [0.05, 0.1) is 12.4 Å². The fourth-order valence-electron chi connectivity index (χ4n) is 4.45. The number of carboxylic acid groups (broad SMARTS) is 1. The molecule has 0 radical (unpaired) electrons. The van der Waals surface area contributed by atoms with Gasteiger partial charge in [0.25, 0.3) is 0 Å². The van der Waals surface area contributed by atoms with Crippen molar-refractivity contribution < 1.29 is 24.3 Å². The Morgan fingerprint density at radius 2 is 1.76 bits per heavy atom. The lowest BCUT2D eigenvalue weighted by molar-refractivity contribution is -0.142. The quantitative estimate of drug-likeness (QED) is 0.131. The third-order valence-corrected chi connectivity index (χ3v) is 7.73. The predicted molar refractivity (Wildman–Crippen MR) is 158 cm³/mol. The molecule has 5 atom stereocenters. The minimum absolute atomic E-state index is 0.00410. The number of aromatic amines is 2. The number of H-pyrrole nitrogens is 2. The summed E-state index contributed by atoms with van der Waals surface area (Å²) in [5.74, 6) is -2.55. The van der Waals surface area contributed by atoms with Gasteiger partial charge in [0.1, 0.15) is 18.1 Å². The number of hydrogen-bond donors (Lipinski definition) is 7. The van der Waals surface area contributed by atoms with Crippen molar-refractivity contribution in [2.75, 3.05) is 12.0 Å². The van der Waals surface area contributed by atoms with Gasteiger partial charge in [0.2, 0.25) is 17.7 Å². The fraction of sp³-hybridized carbons (Fsp3) is 0.464. The normalized spacial score (nSPS) is 14.9. The maximum atomic E-state index is 13.5. The van der Waals surface area contributed by atoms with Crippen LogP contribution < -0.4 is 21.7 Å². The Kier molecular flexibility index (Phi) is 11.8. The highest BCUT2D eigenvalue weighted by Gasteiger charge is 2.32. The molecule has 2 heterocycles. The van der Waals surface area contributed by atoms with E-state index < -0.39 is 47.9 Å². The highest BCUT2D eigenvalue weighted by molar-refractivity contribution is 7.98. The topological polar surface area (TPSA) is 195 Å². The summed E-state index contributed by atoms with van der Waals surface area (Å²) in [6.45, 7) is 3.73. The molecule has 3 aromatic rings. The van der Waals surface area contributed by atoms with Gasteiger partial charge in [-0.1, -0.05) is 38.5 Å². The monoisotopic (exact) mass is 585 g/mol. The van der Waals surface area contributed by atoms with E-state index in [1.54, 1.807) is 0 Å². The average Bonchev–Trinajstić information content (AvgIpc) is 3.62. The second-order valence-electron chi connectivity index (χ2n) is 10.1. The molecular formula is C28H39N7O5S. The number of nitrogens with zero attached hydrogens (tertiary/aromatic N) is 1. The lowest BCUT2D eigenvalue weighted by Gasteiger charge is -2.28. The number of carboxylic acids is 1. The van der Waals surface area contributed by atoms with Gasteiger partial charge < -0.3 is 36.8 Å². The number of aromatic nitrogens is 3. The summed E-state index contributed by atoms with van der Waals surface area (Å²) >= 11 is 1.49. The number of nitrogens with one attached hydrogen (secondary N) is 5.